The SMILES string of the molecule is O=C(c1cnc2ccccc2c1)N1CCCC1CCc1ccncc1. The highest BCUT2D eigenvalue weighted by Gasteiger charge is 2.29. The molecule has 0 bridgehead atoms. The molecule has 1 fully saturated rings. The van der Waals surface area contributed by atoms with Gasteiger partial charge in [-0.05, 0) is 55.5 Å². The Kier molecular flexibility index (Phi) is 4.42. The van der Waals surface area contributed by atoms with Crippen LogP contribution in [0.3, 0.4) is 0 Å². The van der Waals surface area contributed by atoms with E-state index in [-0.39, 0.29) is 5.91 Å². The van der Waals surface area contributed by atoms with E-state index in [1.807, 2.05) is 59.8 Å². The smallest absolute Gasteiger partial charge is 0.255 e. The van der Waals surface area contributed by atoms with E-state index in [2.05, 4.69) is 9.97 Å². The molecular formula is C21H21N3O. The van der Waals surface area contributed by atoms with Gasteiger partial charge in [0.2, 0.25) is 0 Å². The summed E-state index contributed by atoms with van der Waals surface area (Å²) < 4.78 is 0. The quantitative estimate of drug-likeness (QED) is 0.729. The summed E-state index contributed by atoms with van der Waals surface area (Å²) >= 11 is 0. The van der Waals surface area contributed by atoms with Crippen LogP contribution in [0.1, 0.15) is 35.2 Å². The minimum absolute atomic E-state index is 0.107. The predicted octanol–water partition coefficient (Wildman–Crippen LogP) is 3.87. The first-order valence-electron chi connectivity index (χ1n) is 8.86. The van der Waals surface area contributed by atoms with E-state index in [9.17, 15) is 4.79 Å². The highest BCUT2D eigenvalue weighted by atomic mass is 16.2. The molecule has 1 amide bonds. The van der Waals surface area contributed by atoms with Crippen LogP contribution in [0, 0.1) is 0 Å². The molecule has 0 radical (unpaired) electrons. The molecule has 1 aromatic carbocycles. The fraction of sp³-hybridized carbons (Fsp3) is 0.286. The van der Waals surface area contributed by atoms with E-state index < -0.39 is 0 Å². The Bertz CT molecular complexity index is 878. The first kappa shape index (κ1) is 15.8. The molecule has 4 rings (SSSR count). The summed E-state index contributed by atoms with van der Waals surface area (Å²) in [5, 5.41) is 1.01. The fourth-order valence-electron chi connectivity index (χ4n) is 3.64. The topological polar surface area (TPSA) is 46.1 Å². The zero-order valence-electron chi connectivity index (χ0n) is 14.1. The van der Waals surface area contributed by atoms with Gasteiger partial charge >= 0.3 is 0 Å². The number of para-hydroxylation sites is 1. The van der Waals surface area contributed by atoms with Gasteiger partial charge in [-0.1, -0.05) is 18.2 Å². The minimum atomic E-state index is 0.107. The number of pyridine rings is 2. The second-order valence-electron chi connectivity index (χ2n) is 6.61. The molecule has 3 heterocycles. The van der Waals surface area contributed by atoms with E-state index in [1.165, 1.54) is 5.56 Å². The maximum absolute atomic E-state index is 13.0. The highest BCUT2D eigenvalue weighted by Crippen LogP contribution is 2.24. The molecule has 4 heteroatoms. The van der Waals surface area contributed by atoms with Crippen LogP contribution in [-0.2, 0) is 6.42 Å². The van der Waals surface area contributed by atoms with Gasteiger partial charge < -0.3 is 4.90 Å². The molecule has 0 saturated carbocycles. The summed E-state index contributed by atoms with van der Waals surface area (Å²) in [6.07, 6.45) is 9.50. The number of rotatable bonds is 4. The number of carbonyl (C=O) groups excluding carboxylic acids is 1. The Balaban J connectivity index is 1.49. The lowest BCUT2D eigenvalue weighted by molar-refractivity contribution is 0.0730. The third-order valence-corrected chi connectivity index (χ3v) is 4.99. The maximum Gasteiger partial charge on any atom is 0.255 e. The molecule has 126 valence electrons. The molecular weight excluding hydrogens is 310 g/mol. The molecule has 4 nitrogen and oxygen atoms in total. The molecule has 25 heavy (non-hydrogen) atoms. The van der Waals surface area contributed by atoms with Crippen LogP contribution in [0.4, 0.5) is 0 Å². The van der Waals surface area contributed by atoms with Crippen LogP contribution in [0.25, 0.3) is 10.9 Å². The maximum atomic E-state index is 13.0. The summed E-state index contributed by atoms with van der Waals surface area (Å²) in [7, 11) is 0. The lowest BCUT2D eigenvalue weighted by Gasteiger charge is -2.25. The van der Waals surface area contributed by atoms with Crippen LogP contribution in [0.5, 0.6) is 0 Å². The average Bonchev–Trinajstić information content (AvgIpc) is 3.15. The Morgan fingerprint density at radius 1 is 1.16 bits per heavy atom. The Morgan fingerprint density at radius 2 is 2.00 bits per heavy atom. The van der Waals surface area contributed by atoms with Crippen LogP contribution < -0.4 is 0 Å². The first-order valence-corrected chi connectivity index (χ1v) is 8.86. The van der Waals surface area contributed by atoms with E-state index in [4.69, 9.17) is 0 Å². The van der Waals surface area contributed by atoms with Gasteiger partial charge in [0.1, 0.15) is 0 Å². The number of aryl methyl sites for hydroxylation is 1. The summed E-state index contributed by atoms with van der Waals surface area (Å²) in [5.41, 5.74) is 2.89. The van der Waals surface area contributed by atoms with Gasteiger partial charge in [-0.15, -0.1) is 0 Å². The highest BCUT2D eigenvalue weighted by molar-refractivity contribution is 5.97. The third-order valence-electron chi connectivity index (χ3n) is 4.99. The van der Waals surface area contributed by atoms with Gasteiger partial charge in [-0.2, -0.15) is 0 Å². The summed E-state index contributed by atoms with van der Waals surface area (Å²) in [5.74, 6) is 0.107. The van der Waals surface area contributed by atoms with Crippen LogP contribution in [0.15, 0.2) is 61.1 Å². The molecule has 2 aromatic heterocycles. The first-order chi connectivity index (χ1) is 12.3. The molecule has 1 aliphatic heterocycles. The van der Waals surface area contributed by atoms with Crippen LogP contribution >= 0.6 is 0 Å². The second-order valence-corrected chi connectivity index (χ2v) is 6.61. The molecule has 0 spiro atoms. The largest absolute Gasteiger partial charge is 0.336 e. The number of aromatic nitrogens is 2. The lowest BCUT2D eigenvalue weighted by Crippen LogP contribution is -2.35. The van der Waals surface area contributed by atoms with Gasteiger partial charge in [0.05, 0.1) is 11.1 Å². The number of fused-ring (bicyclic) bond motifs is 1. The lowest BCUT2D eigenvalue weighted by atomic mass is 10.0. The van der Waals surface area contributed by atoms with Crippen molar-refractivity contribution in [1.29, 1.82) is 0 Å². The monoisotopic (exact) mass is 331 g/mol. The zero-order chi connectivity index (χ0) is 17.1. The van der Waals surface area contributed by atoms with Crippen molar-refractivity contribution in [1.82, 2.24) is 14.9 Å². The number of nitrogens with zero attached hydrogens (tertiary/aromatic N) is 3. The van der Waals surface area contributed by atoms with Crippen molar-refractivity contribution >= 4 is 16.8 Å². The van der Waals surface area contributed by atoms with Gasteiger partial charge in [-0.3, -0.25) is 14.8 Å². The van der Waals surface area contributed by atoms with Crippen molar-refractivity contribution in [2.75, 3.05) is 6.54 Å². The van der Waals surface area contributed by atoms with Crippen molar-refractivity contribution < 1.29 is 4.79 Å². The van der Waals surface area contributed by atoms with Crippen LogP contribution in [0.2, 0.25) is 0 Å². The molecule has 1 saturated heterocycles. The molecule has 1 atom stereocenters. The number of amides is 1. The zero-order valence-corrected chi connectivity index (χ0v) is 14.1. The number of hydrogen-bond acceptors (Lipinski definition) is 3. The molecule has 0 aliphatic carbocycles. The van der Waals surface area contributed by atoms with E-state index >= 15 is 0 Å². The molecule has 3 aromatic rings. The minimum Gasteiger partial charge on any atom is -0.336 e. The standard InChI is InChI=1S/C21H21N3O/c25-21(18-14-17-4-1-2-6-20(17)23-15-18)24-13-3-5-19(24)8-7-16-9-11-22-12-10-16/h1-2,4,6,9-12,14-15,19H,3,5,7-8,13H2. The van der Waals surface area contributed by atoms with Gasteiger partial charge in [-0.25, -0.2) is 0 Å². The van der Waals surface area contributed by atoms with Crippen molar-refractivity contribution in [3.63, 3.8) is 0 Å². The number of hydrogen-bond donors (Lipinski definition) is 0. The molecule has 0 N–H and O–H groups in total. The number of likely N-dealkylation sites (tertiary alicyclic amines) is 1. The normalized spacial score (nSPS) is 17.1. The Hall–Kier alpha value is -2.75. The molecule has 1 unspecified atom stereocenters. The van der Waals surface area contributed by atoms with Gasteiger partial charge in [0.25, 0.3) is 5.91 Å². The third kappa shape index (κ3) is 3.38. The fourth-order valence-corrected chi connectivity index (χ4v) is 3.64. The summed E-state index contributed by atoms with van der Waals surface area (Å²) in [6.45, 7) is 0.840. The average molecular weight is 331 g/mol. The van der Waals surface area contributed by atoms with Crippen molar-refractivity contribution in [3.8, 4) is 0 Å². The summed E-state index contributed by atoms with van der Waals surface area (Å²) in [4.78, 5) is 23.5. The Labute approximate surface area is 147 Å². The summed E-state index contributed by atoms with van der Waals surface area (Å²) in [6, 6.07) is 14.3. The molecule has 1 aliphatic rings. The van der Waals surface area contributed by atoms with E-state index in [0.29, 0.717) is 11.6 Å². The van der Waals surface area contributed by atoms with E-state index in [1.54, 1.807) is 6.20 Å². The second kappa shape index (κ2) is 7.01. The number of benzene rings is 1. The Morgan fingerprint density at radius 3 is 2.88 bits per heavy atom. The van der Waals surface area contributed by atoms with E-state index in [0.717, 1.165) is 43.1 Å². The van der Waals surface area contributed by atoms with Crippen molar-refractivity contribution in [2.24, 2.45) is 0 Å². The van der Waals surface area contributed by atoms with Crippen molar-refractivity contribution in [2.45, 2.75) is 31.7 Å². The predicted molar refractivity (Wildman–Crippen MR) is 98.4 cm³/mol. The van der Waals surface area contributed by atoms with Gasteiger partial charge in [0.15, 0.2) is 0 Å². The number of carbonyl (C=O) groups is 1. The van der Waals surface area contributed by atoms with Crippen molar-refractivity contribution in [3.05, 3.63) is 72.2 Å². The van der Waals surface area contributed by atoms with Gasteiger partial charge in [0, 0.05) is 36.6 Å². The van der Waals surface area contributed by atoms with Crippen LogP contribution in [-0.4, -0.2) is 33.4 Å².